The highest BCUT2D eigenvalue weighted by Gasteiger charge is 2.48. The third kappa shape index (κ3) is 5.45. The molecular formula is C28H29ClN4O4S. The van der Waals surface area contributed by atoms with Crippen LogP contribution in [0.1, 0.15) is 59.1 Å². The van der Waals surface area contributed by atoms with Gasteiger partial charge in [0.15, 0.2) is 0 Å². The van der Waals surface area contributed by atoms with Gasteiger partial charge in [0.1, 0.15) is 5.82 Å². The van der Waals surface area contributed by atoms with Crippen molar-refractivity contribution in [3.8, 4) is 0 Å². The lowest BCUT2D eigenvalue weighted by Crippen LogP contribution is -2.58. The van der Waals surface area contributed by atoms with Crippen LogP contribution in [-0.4, -0.2) is 48.5 Å². The van der Waals surface area contributed by atoms with E-state index in [1.54, 1.807) is 53.6 Å². The minimum absolute atomic E-state index is 0.227. The molecule has 0 saturated heterocycles. The molecule has 5 rings (SSSR count). The Bertz CT molecular complexity index is 1430. The number of anilines is 1. The number of halogens is 1. The van der Waals surface area contributed by atoms with Crippen LogP contribution in [0.15, 0.2) is 72.9 Å². The summed E-state index contributed by atoms with van der Waals surface area (Å²) in [4.78, 5) is 34.2. The van der Waals surface area contributed by atoms with E-state index in [1.165, 1.54) is 0 Å². The summed E-state index contributed by atoms with van der Waals surface area (Å²) < 4.78 is 27.3. The zero-order chi connectivity index (χ0) is 26.9. The van der Waals surface area contributed by atoms with E-state index >= 15 is 0 Å². The number of rotatable bonds is 6. The maximum Gasteiger partial charge on any atom is 0.255 e. The van der Waals surface area contributed by atoms with E-state index in [9.17, 15) is 18.0 Å². The molecule has 0 bridgehead atoms. The summed E-state index contributed by atoms with van der Waals surface area (Å²) in [6.45, 7) is 0. The number of carbonyl (C=O) groups is 2. The first-order valence-electron chi connectivity index (χ1n) is 12.6. The average Bonchev–Trinajstić information content (AvgIpc) is 2.89. The van der Waals surface area contributed by atoms with E-state index in [0.717, 1.165) is 24.7 Å². The highest BCUT2D eigenvalue weighted by Crippen LogP contribution is 2.46. The van der Waals surface area contributed by atoms with Gasteiger partial charge in [0.2, 0.25) is 15.9 Å². The molecule has 2 N–H and O–H groups in total. The van der Waals surface area contributed by atoms with Crippen molar-refractivity contribution < 1.29 is 18.0 Å². The first kappa shape index (κ1) is 26.3. The van der Waals surface area contributed by atoms with Crippen molar-refractivity contribution in [1.29, 1.82) is 0 Å². The summed E-state index contributed by atoms with van der Waals surface area (Å²) in [5.41, 5.74) is 1.79. The minimum atomic E-state index is -3.52. The summed E-state index contributed by atoms with van der Waals surface area (Å²) in [6, 6.07) is 17.9. The van der Waals surface area contributed by atoms with Crippen LogP contribution in [0, 0.1) is 0 Å². The molecule has 2 heterocycles. The molecule has 1 fully saturated rings. The average molecular weight is 553 g/mol. The molecule has 10 heteroatoms. The van der Waals surface area contributed by atoms with Crippen LogP contribution in [0.5, 0.6) is 0 Å². The van der Waals surface area contributed by atoms with Gasteiger partial charge in [-0.2, -0.15) is 0 Å². The van der Waals surface area contributed by atoms with Gasteiger partial charge in [-0.3, -0.25) is 9.59 Å². The molecule has 1 saturated carbocycles. The molecule has 0 radical (unpaired) electrons. The Hall–Kier alpha value is -3.27. The van der Waals surface area contributed by atoms with Crippen LogP contribution < -0.4 is 10.0 Å². The Morgan fingerprint density at radius 3 is 2.42 bits per heavy atom. The summed E-state index contributed by atoms with van der Waals surface area (Å²) in [5, 5.41) is 3.46. The van der Waals surface area contributed by atoms with Crippen molar-refractivity contribution in [3.63, 3.8) is 0 Å². The number of fused-ring (bicyclic) bond motifs is 1. The van der Waals surface area contributed by atoms with E-state index in [2.05, 4.69) is 15.0 Å². The van der Waals surface area contributed by atoms with Crippen LogP contribution in [0.25, 0.3) is 0 Å². The SMILES string of the molecule is CS(=O)(=O)N[C@H]1CCCC[C@@H]1N1C(=O)c2ccccc2[C@@H](C(=O)Nc2ccccn2)[C@@H]1c1ccc(Cl)cc1. The highest BCUT2D eigenvalue weighted by atomic mass is 35.5. The maximum atomic E-state index is 14.2. The van der Waals surface area contributed by atoms with Crippen molar-refractivity contribution in [3.05, 3.63) is 94.6 Å². The molecule has 1 aromatic heterocycles. The fourth-order valence-corrected chi connectivity index (χ4v) is 6.66. The zero-order valence-electron chi connectivity index (χ0n) is 20.9. The Balaban J connectivity index is 1.67. The predicted molar refractivity (Wildman–Crippen MR) is 146 cm³/mol. The molecular weight excluding hydrogens is 524 g/mol. The Morgan fingerprint density at radius 1 is 1.00 bits per heavy atom. The molecule has 38 heavy (non-hydrogen) atoms. The van der Waals surface area contributed by atoms with Gasteiger partial charge in [0, 0.05) is 28.9 Å². The first-order valence-corrected chi connectivity index (χ1v) is 14.9. The molecule has 0 spiro atoms. The smallest absolute Gasteiger partial charge is 0.255 e. The van der Waals surface area contributed by atoms with E-state index < -0.39 is 34.1 Å². The second kappa shape index (κ2) is 10.8. The number of amides is 2. The van der Waals surface area contributed by atoms with Gasteiger partial charge in [0.05, 0.1) is 18.2 Å². The van der Waals surface area contributed by atoms with Crippen molar-refractivity contribution in [2.24, 2.45) is 0 Å². The number of carbonyl (C=O) groups excluding carboxylic acids is 2. The van der Waals surface area contributed by atoms with Crippen LogP contribution in [-0.2, 0) is 14.8 Å². The minimum Gasteiger partial charge on any atom is -0.326 e. The molecule has 2 amide bonds. The number of hydrogen-bond donors (Lipinski definition) is 2. The van der Waals surface area contributed by atoms with Gasteiger partial charge < -0.3 is 10.2 Å². The topological polar surface area (TPSA) is 108 Å². The van der Waals surface area contributed by atoms with Crippen LogP contribution in [0.4, 0.5) is 5.82 Å². The Labute approximate surface area is 227 Å². The third-order valence-electron chi connectivity index (χ3n) is 7.24. The summed E-state index contributed by atoms with van der Waals surface area (Å²) >= 11 is 6.20. The van der Waals surface area contributed by atoms with Gasteiger partial charge >= 0.3 is 0 Å². The molecule has 0 unspecified atom stereocenters. The Kier molecular flexibility index (Phi) is 7.52. The predicted octanol–water partition coefficient (Wildman–Crippen LogP) is 4.51. The van der Waals surface area contributed by atoms with Gasteiger partial charge in [-0.15, -0.1) is 0 Å². The van der Waals surface area contributed by atoms with Crippen LogP contribution in [0.3, 0.4) is 0 Å². The highest BCUT2D eigenvalue weighted by molar-refractivity contribution is 7.88. The third-order valence-corrected chi connectivity index (χ3v) is 8.22. The second-order valence-electron chi connectivity index (χ2n) is 9.83. The number of benzene rings is 2. The van der Waals surface area contributed by atoms with Crippen LogP contribution in [0.2, 0.25) is 5.02 Å². The van der Waals surface area contributed by atoms with Gasteiger partial charge in [-0.1, -0.05) is 60.8 Å². The summed E-state index contributed by atoms with van der Waals surface area (Å²) in [5.74, 6) is -0.901. The van der Waals surface area contributed by atoms with E-state index in [0.29, 0.717) is 34.8 Å². The number of nitrogens with one attached hydrogen (secondary N) is 2. The van der Waals surface area contributed by atoms with E-state index in [-0.39, 0.29) is 11.8 Å². The lowest BCUT2D eigenvalue weighted by atomic mass is 9.76. The van der Waals surface area contributed by atoms with Crippen molar-refractivity contribution in [1.82, 2.24) is 14.6 Å². The fraction of sp³-hybridized carbons (Fsp3) is 0.321. The molecule has 3 aromatic rings. The van der Waals surface area contributed by atoms with Gasteiger partial charge in [-0.05, 0) is 54.3 Å². The maximum absolute atomic E-state index is 14.2. The van der Waals surface area contributed by atoms with Crippen molar-refractivity contribution in [2.75, 3.05) is 11.6 Å². The normalized spacial score (nSPS) is 23.5. The van der Waals surface area contributed by atoms with Crippen molar-refractivity contribution in [2.45, 2.75) is 49.7 Å². The molecule has 198 valence electrons. The van der Waals surface area contributed by atoms with Crippen molar-refractivity contribution >= 4 is 39.3 Å². The second-order valence-corrected chi connectivity index (χ2v) is 12.0. The van der Waals surface area contributed by atoms with Gasteiger partial charge in [-0.25, -0.2) is 18.1 Å². The number of hydrogen-bond acceptors (Lipinski definition) is 5. The lowest BCUT2D eigenvalue weighted by Gasteiger charge is -2.49. The molecule has 2 aromatic carbocycles. The molecule has 1 aliphatic carbocycles. The first-order chi connectivity index (χ1) is 18.2. The monoisotopic (exact) mass is 552 g/mol. The molecule has 2 aliphatic rings. The van der Waals surface area contributed by atoms with E-state index in [4.69, 9.17) is 11.6 Å². The number of sulfonamides is 1. The van der Waals surface area contributed by atoms with E-state index in [1.807, 2.05) is 24.3 Å². The fourth-order valence-electron chi connectivity index (χ4n) is 5.71. The standard InChI is InChI=1S/C28H29ClN4O4S/c1-38(36,37)32-22-10-4-5-11-23(22)33-26(18-13-15-19(29)16-14-18)25(20-8-2-3-9-21(20)28(33)35)27(34)31-24-12-6-7-17-30-24/h2-3,6-9,12-17,22-23,25-26,32H,4-5,10-11H2,1H3,(H,30,31,34)/t22-,23-,25+,26-/m0/s1. The number of pyridine rings is 1. The Morgan fingerprint density at radius 2 is 1.71 bits per heavy atom. The molecule has 4 atom stereocenters. The molecule has 8 nitrogen and oxygen atoms in total. The largest absolute Gasteiger partial charge is 0.326 e. The van der Waals surface area contributed by atoms with Gasteiger partial charge in [0.25, 0.3) is 5.91 Å². The van der Waals surface area contributed by atoms with Crippen LogP contribution >= 0.6 is 11.6 Å². The quantitative estimate of drug-likeness (QED) is 0.467. The summed E-state index contributed by atoms with van der Waals surface area (Å²) in [7, 11) is -3.52. The zero-order valence-corrected chi connectivity index (χ0v) is 22.5. The summed E-state index contributed by atoms with van der Waals surface area (Å²) in [6.07, 6.45) is 5.63. The number of nitrogens with zero attached hydrogens (tertiary/aromatic N) is 2. The molecule has 1 aliphatic heterocycles. The lowest BCUT2D eigenvalue weighted by molar-refractivity contribution is -0.119. The number of aromatic nitrogens is 1.